The standard InChI is InChI=1S/C18H31N3O2/c1-15(2)14-23-12-6-11-20-18(19-3)21(4)13-16-7-9-17(22-5)10-8-16/h7-10,15H,6,11-14H2,1-5H3,(H,19,20). The lowest BCUT2D eigenvalue weighted by atomic mass is 10.2. The fraction of sp³-hybridized carbons (Fsp3) is 0.611. The van der Waals surface area contributed by atoms with Gasteiger partial charge in [-0.1, -0.05) is 26.0 Å². The first kappa shape index (κ1) is 19.3. The van der Waals surface area contributed by atoms with Crippen molar-refractivity contribution in [2.24, 2.45) is 10.9 Å². The van der Waals surface area contributed by atoms with Crippen molar-refractivity contribution in [2.75, 3.05) is 41.0 Å². The molecule has 0 unspecified atom stereocenters. The summed E-state index contributed by atoms with van der Waals surface area (Å²) in [6, 6.07) is 8.10. The Morgan fingerprint density at radius 1 is 1.26 bits per heavy atom. The second-order valence-corrected chi connectivity index (χ2v) is 6.00. The van der Waals surface area contributed by atoms with E-state index in [1.165, 1.54) is 5.56 Å². The molecular formula is C18H31N3O2. The van der Waals surface area contributed by atoms with Gasteiger partial charge in [0.05, 0.1) is 7.11 Å². The van der Waals surface area contributed by atoms with E-state index in [-0.39, 0.29) is 0 Å². The first-order valence-electron chi connectivity index (χ1n) is 8.19. The van der Waals surface area contributed by atoms with Gasteiger partial charge in [0.1, 0.15) is 5.75 Å². The summed E-state index contributed by atoms with van der Waals surface area (Å²) in [6.07, 6.45) is 0.974. The molecule has 0 spiro atoms. The lowest BCUT2D eigenvalue weighted by molar-refractivity contribution is 0.108. The average Bonchev–Trinajstić information content (AvgIpc) is 2.54. The molecule has 5 heteroatoms. The van der Waals surface area contributed by atoms with Gasteiger partial charge in [-0.2, -0.15) is 0 Å². The van der Waals surface area contributed by atoms with E-state index in [4.69, 9.17) is 9.47 Å². The average molecular weight is 321 g/mol. The quantitative estimate of drug-likeness (QED) is 0.431. The molecule has 0 fully saturated rings. The third-order valence-corrected chi connectivity index (χ3v) is 3.35. The molecule has 5 nitrogen and oxygen atoms in total. The fourth-order valence-electron chi connectivity index (χ4n) is 2.16. The van der Waals surface area contributed by atoms with Gasteiger partial charge in [-0.15, -0.1) is 0 Å². The zero-order chi connectivity index (χ0) is 17.1. The van der Waals surface area contributed by atoms with Crippen LogP contribution < -0.4 is 10.1 Å². The number of benzene rings is 1. The molecule has 0 saturated carbocycles. The van der Waals surface area contributed by atoms with Crippen LogP contribution in [-0.2, 0) is 11.3 Å². The lowest BCUT2D eigenvalue weighted by Crippen LogP contribution is -2.39. The van der Waals surface area contributed by atoms with E-state index in [0.29, 0.717) is 5.92 Å². The number of hydrogen-bond donors (Lipinski definition) is 1. The van der Waals surface area contributed by atoms with Crippen molar-refractivity contribution in [3.05, 3.63) is 29.8 Å². The molecule has 0 aliphatic carbocycles. The van der Waals surface area contributed by atoms with Crippen molar-refractivity contribution >= 4 is 5.96 Å². The van der Waals surface area contributed by atoms with Gasteiger partial charge in [0.15, 0.2) is 5.96 Å². The van der Waals surface area contributed by atoms with Gasteiger partial charge in [0, 0.05) is 40.4 Å². The van der Waals surface area contributed by atoms with Crippen LogP contribution >= 0.6 is 0 Å². The molecule has 0 aromatic heterocycles. The van der Waals surface area contributed by atoms with E-state index in [1.54, 1.807) is 7.11 Å². The zero-order valence-corrected chi connectivity index (χ0v) is 15.1. The maximum Gasteiger partial charge on any atom is 0.193 e. The maximum atomic E-state index is 5.58. The Morgan fingerprint density at radius 2 is 1.96 bits per heavy atom. The Hall–Kier alpha value is -1.75. The summed E-state index contributed by atoms with van der Waals surface area (Å²) in [6.45, 7) is 7.59. The molecule has 0 amide bonds. The van der Waals surface area contributed by atoms with Crippen molar-refractivity contribution < 1.29 is 9.47 Å². The molecule has 0 saturated heterocycles. The molecule has 1 aromatic carbocycles. The molecule has 130 valence electrons. The van der Waals surface area contributed by atoms with Crippen molar-refractivity contribution in [2.45, 2.75) is 26.8 Å². The van der Waals surface area contributed by atoms with Crippen molar-refractivity contribution in [3.63, 3.8) is 0 Å². The first-order chi connectivity index (χ1) is 11.1. The monoisotopic (exact) mass is 321 g/mol. The molecule has 0 aliphatic rings. The molecule has 1 rings (SSSR count). The van der Waals surface area contributed by atoms with Crippen LogP contribution in [0.4, 0.5) is 0 Å². The van der Waals surface area contributed by atoms with Crippen LogP contribution in [0, 0.1) is 5.92 Å². The van der Waals surface area contributed by atoms with Crippen LogP contribution in [0.1, 0.15) is 25.8 Å². The second-order valence-electron chi connectivity index (χ2n) is 6.00. The van der Waals surface area contributed by atoms with Gasteiger partial charge in [0.25, 0.3) is 0 Å². The SMILES string of the molecule is CN=C(NCCCOCC(C)C)N(C)Cc1ccc(OC)cc1. The highest BCUT2D eigenvalue weighted by atomic mass is 16.5. The molecule has 1 aromatic rings. The minimum absolute atomic E-state index is 0.589. The summed E-state index contributed by atoms with van der Waals surface area (Å²) in [5.74, 6) is 2.36. The Kier molecular flexibility index (Phi) is 9.14. The second kappa shape index (κ2) is 10.9. The van der Waals surface area contributed by atoms with Crippen molar-refractivity contribution in [3.8, 4) is 5.75 Å². The minimum atomic E-state index is 0.589. The number of guanidine groups is 1. The highest BCUT2D eigenvalue weighted by Crippen LogP contribution is 2.12. The first-order valence-corrected chi connectivity index (χ1v) is 8.19. The predicted molar refractivity (Wildman–Crippen MR) is 96.1 cm³/mol. The van der Waals surface area contributed by atoms with Gasteiger partial charge < -0.3 is 19.7 Å². The molecule has 0 bridgehead atoms. The van der Waals surface area contributed by atoms with E-state index >= 15 is 0 Å². The smallest absolute Gasteiger partial charge is 0.193 e. The molecular weight excluding hydrogens is 290 g/mol. The number of hydrogen-bond acceptors (Lipinski definition) is 3. The Labute approximate surface area is 140 Å². The molecule has 0 atom stereocenters. The third-order valence-electron chi connectivity index (χ3n) is 3.35. The molecule has 23 heavy (non-hydrogen) atoms. The predicted octanol–water partition coefficient (Wildman–Crippen LogP) is 2.77. The lowest BCUT2D eigenvalue weighted by Gasteiger charge is -2.22. The number of aliphatic imine (C=N–C) groups is 1. The van der Waals surface area contributed by atoms with Crippen LogP contribution in [0.3, 0.4) is 0 Å². The van der Waals surface area contributed by atoms with Crippen molar-refractivity contribution in [1.82, 2.24) is 10.2 Å². The van der Waals surface area contributed by atoms with E-state index in [0.717, 1.165) is 44.4 Å². The topological polar surface area (TPSA) is 46.1 Å². The fourth-order valence-corrected chi connectivity index (χ4v) is 2.16. The van der Waals surface area contributed by atoms with Crippen LogP contribution in [0.25, 0.3) is 0 Å². The summed E-state index contributed by atoms with van der Waals surface area (Å²) < 4.78 is 10.8. The Balaban J connectivity index is 2.32. The summed E-state index contributed by atoms with van der Waals surface area (Å²) >= 11 is 0. The summed E-state index contributed by atoms with van der Waals surface area (Å²) in [4.78, 5) is 6.44. The van der Waals surface area contributed by atoms with Crippen LogP contribution in [-0.4, -0.2) is 51.8 Å². The zero-order valence-electron chi connectivity index (χ0n) is 15.1. The van der Waals surface area contributed by atoms with Gasteiger partial charge in [-0.05, 0) is 30.0 Å². The van der Waals surface area contributed by atoms with Crippen LogP contribution in [0.15, 0.2) is 29.3 Å². The number of nitrogens with zero attached hydrogens (tertiary/aromatic N) is 2. The van der Waals surface area contributed by atoms with Crippen LogP contribution in [0.5, 0.6) is 5.75 Å². The van der Waals surface area contributed by atoms with E-state index in [1.807, 2.05) is 26.2 Å². The van der Waals surface area contributed by atoms with Gasteiger partial charge in [-0.25, -0.2) is 0 Å². The normalized spacial score (nSPS) is 11.7. The number of nitrogens with one attached hydrogen (secondary N) is 1. The van der Waals surface area contributed by atoms with Gasteiger partial charge in [0.2, 0.25) is 0 Å². The Morgan fingerprint density at radius 3 is 2.52 bits per heavy atom. The summed E-state index contributed by atoms with van der Waals surface area (Å²) in [5, 5.41) is 3.37. The van der Waals surface area contributed by atoms with E-state index in [9.17, 15) is 0 Å². The van der Waals surface area contributed by atoms with Gasteiger partial charge >= 0.3 is 0 Å². The Bertz CT molecular complexity index is 458. The third kappa shape index (κ3) is 7.88. The minimum Gasteiger partial charge on any atom is -0.497 e. The van der Waals surface area contributed by atoms with Crippen LogP contribution in [0.2, 0.25) is 0 Å². The largest absolute Gasteiger partial charge is 0.497 e. The highest BCUT2D eigenvalue weighted by Gasteiger charge is 2.06. The molecule has 0 aliphatic heterocycles. The number of ether oxygens (including phenoxy) is 2. The highest BCUT2D eigenvalue weighted by molar-refractivity contribution is 5.79. The molecule has 0 heterocycles. The van der Waals surface area contributed by atoms with E-state index in [2.05, 4.69) is 41.2 Å². The summed E-state index contributed by atoms with van der Waals surface area (Å²) in [7, 11) is 5.52. The number of rotatable bonds is 9. The van der Waals surface area contributed by atoms with E-state index < -0.39 is 0 Å². The van der Waals surface area contributed by atoms with Crippen molar-refractivity contribution in [1.29, 1.82) is 0 Å². The molecule has 1 N–H and O–H groups in total. The summed E-state index contributed by atoms with van der Waals surface area (Å²) in [5.41, 5.74) is 1.22. The maximum absolute atomic E-state index is 5.58. The number of methoxy groups -OCH3 is 1. The molecule has 0 radical (unpaired) electrons. The van der Waals surface area contributed by atoms with Gasteiger partial charge in [-0.3, -0.25) is 4.99 Å².